The molecule has 0 N–H and O–H groups in total. The van der Waals surface area contributed by atoms with Crippen molar-refractivity contribution < 1.29 is 9.13 Å². The number of hydrogen-bond acceptors (Lipinski definition) is 0. The number of unbranched alkanes of at least 4 members (excludes halogenated alkanes) is 8. The first kappa shape index (κ1) is 20.6. The van der Waals surface area contributed by atoms with Crippen molar-refractivity contribution in [1.82, 2.24) is 0 Å². The largest absolute Gasteiger partial charge is 0.205 e. The molecular weight excluding hydrogens is 316 g/mol. The summed E-state index contributed by atoms with van der Waals surface area (Å²) in [6.07, 6.45) is 22.5. The van der Waals surface area contributed by atoms with Crippen LogP contribution in [0.3, 0.4) is 0 Å². The zero-order valence-electron chi connectivity index (χ0n) is 17.0. The minimum absolute atomic E-state index is 1.09. The number of rotatable bonds is 13. The molecule has 142 valence electrons. The van der Waals surface area contributed by atoms with Gasteiger partial charge in [-0.2, -0.15) is 0 Å². The normalized spacial score (nSPS) is 11.0. The number of aryl methyl sites for hydroxylation is 2. The molecule has 2 nitrogen and oxygen atoms in total. The van der Waals surface area contributed by atoms with Gasteiger partial charge in [0, 0.05) is 37.1 Å². The maximum atomic E-state index is 2.32. The van der Waals surface area contributed by atoms with Crippen LogP contribution in [-0.2, 0) is 13.1 Å². The molecular formula is C24H38N2+2. The molecule has 0 aromatic carbocycles. The van der Waals surface area contributed by atoms with E-state index >= 15 is 0 Å². The molecule has 0 aliphatic heterocycles. The highest BCUT2D eigenvalue weighted by Gasteiger charge is 2.05. The van der Waals surface area contributed by atoms with E-state index in [2.05, 4.69) is 72.0 Å². The second kappa shape index (κ2) is 12.6. The molecule has 2 heterocycles. The van der Waals surface area contributed by atoms with E-state index in [-0.39, 0.29) is 0 Å². The summed E-state index contributed by atoms with van der Waals surface area (Å²) in [5, 5.41) is 0. The zero-order chi connectivity index (χ0) is 18.5. The minimum atomic E-state index is 1.09. The first-order valence-electron chi connectivity index (χ1n) is 10.8. The van der Waals surface area contributed by atoms with E-state index in [1.165, 1.54) is 75.3 Å². The second-order valence-electron chi connectivity index (χ2n) is 7.48. The van der Waals surface area contributed by atoms with Gasteiger partial charge in [-0.1, -0.05) is 58.8 Å². The summed E-state index contributed by atoms with van der Waals surface area (Å²) in [7, 11) is 0. The molecule has 0 saturated carbocycles. The zero-order valence-corrected chi connectivity index (χ0v) is 17.0. The highest BCUT2D eigenvalue weighted by Crippen LogP contribution is 2.15. The molecule has 0 amide bonds. The Bertz CT molecular complexity index is 587. The molecule has 0 aliphatic rings. The van der Waals surface area contributed by atoms with Gasteiger partial charge in [-0.3, -0.25) is 0 Å². The van der Waals surface area contributed by atoms with E-state index in [1.54, 1.807) is 0 Å². The van der Waals surface area contributed by atoms with Crippen LogP contribution in [-0.4, -0.2) is 0 Å². The van der Waals surface area contributed by atoms with Gasteiger partial charge in [0.25, 0.3) is 0 Å². The van der Waals surface area contributed by atoms with Crippen molar-refractivity contribution in [2.45, 2.75) is 91.1 Å². The lowest BCUT2D eigenvalue weighted by molar-refractivity contribution is -0.697. The van der Waals surface area contributed by atoms with Gasteiger partial charge in [0.2, 0.25) is 0 Å². The van der Waals surface area contributed by atoms with Crippen LogP contribution in [0, 0.1) is 0 Å². The van der Waals surface area contributed by atoms with E-state index in [0.717, 1.165) is 13.1 Å². The first-order chi connectivity index (χ1) is 12.8. The number of aromatic nitrogens is 2. The van der Waals surface area contributed by atoms with Crippen molar-refractivity contribution in [3.63, 3.8) is 0 Å². The molecule has 26 heavy (non-hydrogen) atoms. The summed E-state index contributed by atoms with van der Waals surface area (Å²) in [4.78, 5) is 0. The van der Waals surface area contributed by atoms with Crippen LogP contribution in [0.2, 0.25) is 0 Å². The Morgan fingerprint density at radius 3 is 1.38 bits per heavy atom. The molecule has 0 fully saturated rings. The third-order valence-corrected chi connectivity index (χ3v) is 5.12. The SMILES string of the molecule is CCCCCCCCCCC[n+]1ccc(-c2cc[n+](CCC)cc2)cc1. The van der Waals surface area contributed by atoms with Crippen LogP contribution >= 0.6 is 0 Å². The van der Waals surface area contributed by atoms with Gasteiger partial charge in [-0.25, -0.2) is 9.13 Å². The predicted octanol–water partition coefficient (Wildman–Crippen LogP) is 5.87. The fourth-order valence-corrected chi connectivity index (χ4v) is 3.46. The fourth-order valence-electron chi connectivity index (χ4n) is 3.46. The average molecular weight is 355 g/mol. The van der Waals surface area contributed by atoms with Crippen molar-refractivity contribution >= 4 is 0 Å². The van der Waals surface area contributed by atoms with E-state index in [4.69, 9.17) is 0 Å². The molecule has 2 aromatic heterocycles. The van der Waals surface area contributed by atoms with E-state index < -0.39 is 0 Å². The minimum Gasteiger partial charge on any atom is -0.205 e. The molecule has 0 saturated heterocycles. The first-order valence-corrected chi connectivity index (χ1v) is 10.8. The standard InChI is InChI=1S/C24H38N2/c1-3-5-6-7-8-9-10-11-12-18-26-21-15-24(16-22-26)23-13-19-25(17-4-2)20-14-23/h13-16,19-22H,3-12,17-18H2,1-2H3/q+2. The van der Waals surface area contributed by atoms with Crippen LogP contribution in [0.15, 0.2) is 49.1 Å². The lowest BCUT2D eigenvalue weighted by Gasteiger charge is -2.02. The van der Waals surface area contributed by atoms with Gasteiger partial charge in [0.15, 0.2) is 24.8 Å². The van der Waals surface area contributed by atoms with Gasteiger partial charge < -0.3 is 0 Å². The van der Waals surface area contributed by atoms with Crippen molar-refractivity contribution in [3.05, 3.63) is 49.1 Å². The molecule has 0 aliphatic carbocycles. The van der Waals surface area contributed by atoms with Gasteiger partial charge in [0.05, 0.1) is 0 Å². The Hall–Kier alpha value is -1.70. The summed E-state index contributed by atoms with van der Waals surface area (Å²) in [5.41, 5.74) is 2.60. The summed E-state index contributed by atoms with van der Waals surface area (Å²) < 4.78 is 4.57. The van der Waals surface area contributed by atoms with Crippen molar-refractivity contribution in [3.8, 4) is 11.1 Å². The molecule has 2 heteroatoms. The Morgan fingerprint density at radius 1 is 0.500 bits per heavy atom. The second-order valence-corrected chi connectivity index (χ2v) is 7.48. The van der Waals surface area contributed by atoms with Gasteiger partial charge >= 0.3 is 0 Å². The lowest BCUT2D eigenvalue weighted by Crippen LogP contribution is -2.32. The van der Waals surface area contributed by atoms with E-state index in [0.29, 0.717) is 0 Å². The van der Waals surface area contributed by atoms with Crippen LogP contribution < -0.4 is 9.13 Å². The number of hydrogen-bond donors (Lipinski definition) is 0. The van der Waals surface area contributed by atoms with Crippen LogP contribution in [0.4, 0.5) is 0 Å². The third-order valence-electron chi connectivity index (χ3n) is 5.12. The Kier molecular flexibility index (Phi) is 10.0. The molecule has 0 radical (unpaired) electrons. The fraction of sp³-hybridized carbons (Fsp3) is 0.583. The Morgan fingerprint density at radius 2 is 0.923 bits per heavy atom. The van der Waals surface area contributed by atoms with Crippen LogP contribution in [0.1, 0.15) is 78.1 Å². The van der Waals surface area contributed by atoms with Crippen molar-refractivity contribution in [1.29, 1.82) is 0 Å². The third kappa shape index (κ3) is 7.68. The van der Waals surface area contributed by atoms with E-state index in [9.17, 15) is 0 Å². The summed E-state index contributed by atoms with van der Waals surface area (Å²) in [6.45, 7) is 6.73. The monoisotopic (exact) mass is 354 g/mol. The van der Waals surface area contributed by atoms with Crippen LogP contribution in [0.25, 0.3) is 11.1 Å². The maximum Gasteiger partial charge on any atom is 0.169 e. The van der Waals surface area contributed by atoms with Gasteiger partial charge in [-0.05, 0) is 17.5 Å². The van der Waals surface area contributed by atoms with Gasteiger partial charge in [-0.15, -0.1) is 0 Å². The molecule has 0 unspecified atom stereocenters. The maximum absolute atomic E-state index is 2.32. The number of nitrogens with zero attached hydrogens (tertiary/aromatic N) is 2. The Labute approximate surface area is 160 Å². The lowest BCUT2D eigenvalue weighted by atomic mass is 10.1. The number of pyridine rings is 2. The molecule has 0 spiro atoms. The summed E-state index contributed by atoms with van der Waals surface area (Å²) >= 11 is 0. The highest BCUT2D eigenvalue weighted by molar-refractivity contribution is 5.60. The van der Waals surface area contributed by atoms with Crippen molar-refractivity contribution in [2.75, 3.05) is 0 Å². The van der Waals surface area contributed by atoms with Crippen LogP contribution in [0.5, 0.6) is 0 Å². The molecule has 2 aromatic rings. The van der Waals surface area contributed by atoms with Gasteiger partial charge in [0.1, 0.15) is 13.1 Å². The Balaban J connectivity index is 1.66. The van der Waals surface area contributed by atoms with E-state index in [1.807, 2.05) is 0 Å². The predicted molar refractivity (Wildman–Crippen MR) is 110 cm³/mol. The summed E-state index contributed by atoms with van der Waals surface area (Å²) in [6, 6.07) is 8.92. The van der Waals surface area contributed by atoms with Crippen molar-refractivity contribution in [2.24, 2.45) is 0 Å². The average Bonchev–Trinajstić information content (AvgIpc) is 2.68. The molecule has 0 bridgehead atoms. The quantitative estimate of drug-likeness (QED) is 0.314. The highest BCUT2D eigenvalue weighted by atomic mass is 14.9. The summed E-state index contributed by atoms with van der Waals surface area (Å²) in [5.74, 6) is 0. The molecule has 0 atom stereocenters. The smallest absolute Gasteiger partial charge is 0.169 e. The molecule has 2 rings (SSSR count). The topological polar surface area (TPSA) is 7.76 Å².